The summed E-state index contributed by atoms with van der Waals surface area (Å²) in [7, 11) is 1.36. The number of amides is 1. The van der Waals surface area contributed by atoms with E-state index < -0.39 is 30.1 Å². The summed E-state index contributed by atoms with van der Waals surface area (Å²) in [5, 5.41) is 23.0. The van der Waals surface area contributed by atoms with Crippen LogP contribution in [-0.4, -0.2) is 44.5 Å². The Hall–Kier alpha value is -2.22. The molecule has 0 fully saturated rings. The first-order chi connectivity index (χ1) is 7.95. The van der Waals surface area contributed by atoms with Crippen LogP contribution < -0.4 is 10.9 Å². The van der Waals surface area contributed by atoms with Crippen LogP contribution in [0, 0.1) is 0 Å². The molecule has 0 bridgehead atoms. The van der Waals surface area contributed by atoms with Gasteiger partial charge in [-0.2, -0.15) is 5.10 Å². The topological polar surface area (TPSA) is 122 Å². The molecule has 8 heteroatoms. The summed E-state index contributed by atoms with van der Waals surface area (Å²) >= 11 is 0. The number of nitrogens with zero attached hydrogens (tertiary/aromatic N) is 2. The number of aryl methyl sites for hydroxylation is 1. The van der Waals surface area contributed by atoms with Gasteiger partial charge in [0.05, 0.1) is 6.61 Å². The van der Waals surface area contributed by atoms with E-state index in [0.29, 0.717) is 0 Å². The van der Waals surface area contributed by atoms with E-state index in [-0.39, 0.29) is 5.69 Å². The van der Waals surface area contributed by atoms with E-state index in [2.05, 4.69) is 10.4 Å². The number of carbonyl (C=O) groups excluding carboxylic acids is 1. The number of nitrogens with one attached hydrogen (secondary N) is 1. The SMILES string of the molecule is Cn1nc(C(=O)N[C@H](CO)C(=O)O)ccc1=O. The normalized spacial score (nSPS) is 11.9. The molecular weight excluding hydrogens is 230 g/mol. The average molecular weight is 241 g/mol. The Morgan fingerprint density at radius 2 is 2.18 bits per heavy atom. The lowest BCUT2D eigenvalue weighted by molar-refractivity contribution is -0.140. The molecule has 0 aliphatic heterocycles. The number of hydrogen-bond acceptors (Lipinski definition) is 5. The van der Waals surface area contributed by atoms with E-state index in [1.54, 1.807) is 0 Å². The Morgan fingerprint density at radius 1 is 1.53 bits per heavy atom. The Labute approximate surface area is 95.5 Å². The van der Waals surface area contributed by atoms with Crippen LogP contribution in [0.25, 0.3) is 0 Å². The monoisotopic (exact) mass is 241 g/mol. The van der Waals surface area contributed by atoms with Gasteiger partial charge < -0.3 is 15.5 Å². The molecule has 8 nitrogen and oxygen atoms in total. The highest BCUT2D eigenvalue weighted by molar-refractivity contribution is 5.94. The van der Waals surface area contributed by atoms with Gasteiger partial charge in [0.25, 0.3) is 11.5 Å². The van der Waals surface area contributed by atoms with Gasteiger partial charge in [-0.15, -0.1) is 0 Å². The molecular formula is C9H11N3O5. The molecule has 1 aromatic heterocycles. The highest BCUT2D eigenvalue weighted by Gasteiger charge is 2.20. The summed E-state index contributed by atoms with van der Waals surface area (Å²) in [6, 6.07) is 0.909. The zero-order valence-electron chi connectivity index (χ0n) is 8.95. The van der Waals surface area contributed by atoms with Gasteiger partial charge in [0.2, 0.25) is 0 Å². The maximum absolute atomic E-state index is 11.5. The number of rotatable bonds is 4. The molecule has 92 valence electrons. The Bertz CT molecular complexity index is 496. The molecule has 1 aromatic rings. The largest absolute Gasteiger partial charge is 0.480 e. The van der Waals surface area contributed by atoms with E-state index in [1.807, 2.05) is 0 Å². The smallest absolute Gasteiger partial charge is 0.328 e. The number of carboxylic acids is 1. The number of carboxylic acid groups (broad SMARTS) is 1. The molecule has 1 amide bonds. The minimum atomic E-state index is -1.40. The van der Waals surface area contributed by atoms with Crippen LogP contribution in [-0.2, 0) is 11.8 Å². The third kappa shape index (κ3) is 3.11. The second kappa shape index (κ2) is 5.21. The van der Waals surface area contributed by atoms with Gasteiger partial charge in [-0.25, -0.2) is 9.48 Å². The summed E-state index contributed by atoms with van der Waals surface area (Å²) < 4.78 is 0.948. The highest BCUT2D eigenvalue weighted by atomic mass is 16.4. The van der Waals surface area contributed by atoms with E-state index in [4.69, 9.17) is 10.2 Å². The number of hydrogen-bond donors (Lipinski definition) is 3. The van der Waals surface area contributed by atoms with Crippen LogP contribution in [0.3, 0.4) is 0 Å². The average Bonchev–Trinajstić information content (AvgIpc) is 2.28. The second-order valence-electron chi connectivity index (χ2n) is 3.23. The predicted octanol–water partition coefficient (Wildman–Crippen LogP) is -2.04. The molecule has 1 atom stereocenters. The van der Waals surface area contributed by atoms with Gasteiger partial charge in [-0.1, -0.05) is 0 Å². The van der Waals surface area contributed by atoms with Crippen molar-refractivity contribution in [3.63, 3.8) is 0 Å². The van der Waals surface area contributed by atoms with Crippen molar-refractivity contribution in [2.24, 2.45) is 7.05 Å². The lowest BCUT2D eigenvalue weighted by Crippen LogP contribution is -2.44. The fourth-order valence-electron chi connectivity index (χ4n) is 1.04. The van der Waals surface area contributed by atoms with Crippen molar-refractivity contribution in [2.75, 3.05) is 6.61 Å². The number of carbonyl (C=O) groups is 2. The van der Waals surface area contributed by atoms with Crippen molar-refractivity contribution < 1.29 is 19.8 Å². The summed E-state index contributed by atoms with van der Waals surface area (Å²) in [4.78, 5) is 33.1. The first-order valence-corrected chi connectivity index (χ1v) is 4.64. The fourth-order valence-corrected chi connectivity index (χ4v) is 1.04. The zero-order valence-corrected chi connectivity index (χ0v) is 8.95. The van der Waals surface area contributed by atoms with Crippen molar-refractivity contribution in [1.29, 1.82) is 0 Å². The van der Waals surface area contributed by atoms with Crippen molar-refractivity contribution in [3.05, 3.63) is 28.2 Å². The molecule has 0 saturated carbocycles. The van der Waals surface area contributed by atoms with Gasteiger partial charge in [-0.05, 0) is 6.07 Å². The molecule has 0 aromatic carbocycles. The quantitative estimate of drug-likeness (QED) is 0.558. The van der Waals surface area contributed by atoms with Gasteiger partial charge in [0, 0.05) is 13.1 Å². The van der Waals surface area contributed by atoms with E-state index in [9.17, 15) is 14.4 Å². The van der Waals surface area contributed by atoms with Gasteiger partial charge in [-0.3, -0.25) is 9.59 Å². The summed E-state index contributed by atoms with van der Waals surface area (Å²) in [6.45, 7) is -0.729. The fraction of sp³-hybridized carbons (Fsp3) is 0.333. The van der Waals surface area contributed by atoms with Crippen LogP contribution in [0.1, 0.15) is 10.5 Å². The Balaban J connectivity index is 2.86. The van der Waals surface area contributed by atoms with Crippen molar-refractivity contribution in [1.82, 2.24) is 15.1 Å². The molecule has 1 rings (SSSR count). The second-order valence-corrected chi connectivity index (χ2v) is 3.23. The Morgan fingerprint density at radius 3 is 2.65 bits per heavy atom. The first kappa shape index (κ1) is 12.8. The minimum Gasteiger partial charge on any atom is -0.480 e. The van der Waals surface area contributed by atoms with Crippen LogP contribution in [0.2, 0.25) is 0 Å². The van der Waals surface area contributed by atoms with Crippen LogP contribution in [0.5, 0.6) is 0 Å². The summed E-state index contributed by atoms with van der Waals surface area (Å²) in [5.41, 5.74) is -0.495. The molecule has 1 heterocycles. The van der Waals surface area contributed by atoms with E-state index in [1.165, 1.54) is 13.1 Å². The van der Waals surface area contributed by atoms with Crippen molar-refractivity contribution >= 4 is 11.9 Å². The number of aliphatic carboxylic acids is 1. The minimum absolute atomic E-state index is 0.105. The number of aromatic nitrogens is 2. The molecule has 0 aliphatic carbocycles. The third-order valence-electron chi connectivity index (χ3n) is 1.98. The standard InChI is InChI=1S/C9H11N3O5/c1-12-7(14)3-2-5(11-12)8(15)10-6(4-13)9(16)17/h2-3,6,13H,4H2,1H3,(H,10,15)(H,16,17)/t6-/m1/s1. The molecule has 3 N–H and O–H groups in total. The summed E-state index contributed by atoms with van der Waals surface area (Å²) in [5.74, 6) is -2.13. The van der Waals surface area contributed by atoms with E-state index >= 15 is 0 Å². The number of aliphatic hydroxyl groups excluding tert-OH is 1. The van der Waals surface area contributed by atoms with Crippen LogP contribution in [0.4, 0.5) is 0 Å². The van der Waals surface area contributed by atoms with Gasteiger partial charge in [0.15, 0.2) is 6.04 Å². The zero-order chi connectivity index (χ0) is 13.0. The molecule has 17 heavy (non-hydrogen) atoms. The Kier molecular flexibility index (Phi) is 3.94. The third-order valence-corrected chi connectivity index (χ3v) is 1.98. The maximum Gasteiger partial charge on any atom is 0.328 e. The van der Waals surface area contributed by atoms with Gasteiger partial charge in [0.1, 0.15) is 5.69 Å². The lowest BCUT2D eigenvalue weighted by Gasteiger charge is -2.11. The molecule has 0 spiro atoms. The van der Waals surface area contributed by atoms with E-state index in [0.717, 1.165) is 10.7 Å². The van der Waals surface area contributed by atoms with Crippen molar-refractivity contribution in [3.8, 4) is 0 Å². The highest BCUT2D eigenvalue weighted by Crippen LogP contribution is 1.92. The first-order valence-electron chi connectivity index (χ1n) is 4.64. The lowest BCUT2D eigenvalue weighted by atomic mass is 10.3. The summed E-state index contributed by atoms with van der Waals surface area (Å²) in [6.07, 6.45) is 0. The molecule has 0 radical (unpaired) electrons. The van der Waals surface area contributed by atoms with Crippen molar-refractivity contribution in [2.45, 2.75) is 6.04 Å². The molecule has 0 aliphatic rings. The van der Waals surface area contributed by atoms with Crippen LogP contribution in [0.15, 0.2) is 16.9 Å². The number of aliphatic hydroxyl groups is 1. The maximum atomic E-state index is 11.5. The van der Waals surface area contributed by atoms with Crippen LogP contribution >= 0.6 is 0 Å². The predicted molar refractivity (Wildman–Crippen MR) is 55.5 cm³/mol. The van der Waals surface area contributed by atoms with Gasteiger partial charge >= 0.3 is 5.97 Å². The molecule has 0 unspecified atom stereocenters. The molecule has 0 saturated heterocycles.